The Morgan fingerprint density at radius 1 is 0.935 bits per heavy atom. The van der Waals surface area contributed by atoms with Gasteiger partial charge in [0, 0.05) is 36.9 Å². The average Bonchev–Trinajstić information content (AvgIpc) is 3.04. The van der Waals surface area contributed by atoms with Crippen LogP contribution < -0.4 is 14.9 Å². The first-order chi connectivity index (χ1) is 14.8. The Kier molecular flexibility index (Phi) is 8.09. The van der Waals surface area contributed by atoms with Gasteiger partial charge in [0.05, 0.1) is 4.90 Å². The Morgan fingerprint density at radius 3 is 2.13 bits per heavy atom. The van der Waals surface area contributed by atoms with E-state index in [1.54, 1.807) is 26.0 Å². The smallest absolute Gasteiger partial charge is 0.240 e. The summed E-state index contributed by atoms with van der Waals surface area (Å²) in [5.74, 6) is -0.237. The SMILES string of the molecule is CC(C)C(=O)Nc1ccc(S(=O)(=O)NCCc2ccc(N3CCCCCC3)cc2)cc1. The maximum Gasteiger partial charge on any atom is 0.240 e. The molecule has 0 spiro atoms. The van der Waals surface area contributed by atoms with Crippen molar-refractivity contribution in [3.8, 4) is 0 Å². The first-order valence-corrected chi connectivity index (χ1v) is 12.6. The van der Waals surface area contributed by atoms with Crippen molar-refractivity contribution in [2.24, 2.45) is 5.92 Å². The van der Waals surface area contributed by atoms with Crippen LogP contribution in [0.25, 0.3) is 0 Å². The van der Waals surface area contributed by atoms with Crippen LogP contribution in [0.1, 0.15) is 45.1 Å². The summed E-state index contributed by atoms with van der Waals surface area (Å²) < 4.78 is 27.8. The van der Waals surface area contributed by atoms with E-state index in [0.717, 1.165) is 18.7 Å². The van der Waals surface area contributed by atoms with Gasteiger partial charge in [-0.15, -0.1) is 0 Å². The van der Waals surface area contributed by atoms with Crippen molar-refractivity contribution in [2.75, 3.05) is 29.9 Å². The fourth-order valence-corrected chi connectivity index (χ4v) is 4.65. The van der Waals surface area contributed by atoms with E-state index in [1.807, 2.05) is 0 Å². The van der Waals surface area contributed by atoms with E-state index < -0.39 is 10.0 Å². The molecule has 1 amide bonds. The van der Waals surface area contributed by atoms with Gasteiger partial charge in [-0.05, 0) is 61.2 Å². The van der Waals surface area contributed by atoms with Gasteiger partial charge in [-0.3, -0.25) is 4.79 Å². The van der Waals surface area contributed by atoms with Gasteiger partial charge in [0.15, 0.2) is 0 Å². The third kappa shape index (κ3) is 6.80. The topological polar surface area (TPSA) is 78.5 Å². The monoisotopic (exact) mass is 443 g/mol. The van der Waals surface area contributed by atoms with Gasteiger partial charge in [0.1, 0.15) is 0 Å². The highest BCUT2D eigenvalue weighted by Gasteiger charge is 2.14. The van der Waals surface area contributed by atoms with Gasteiger partial charge < -0.3 is 10.2 Å². The predicted octanol–water partition coefficient (Wildman–Crippen LogP) is 4.18. The lowest BCUT2D eigenvalue weighted by Crippen LogP contribution is -2.26. The summed E-state index contributed by atoms with van der Waals surface area (Å²) in [7, 11) is -3.59. The molecule has 3 rings (SSSR count). The van der Waals surface area contributed by atoms with Crippen LogP contribution in [-0.4, -0.2) is 34.0 Å². The fraction of sp³-hybridized carbons (Fsp3) is 0.458. The van der Waals surface area contributed by atoms with Crippen LogP contribution in [0.2, 0.25) is 0 Å². The summed E-state index contributed by atoms with van der Waals surface area (Å²) in [6.07, 6.45) is 5.74. The van der Waals surface area contributed by atoms with Gasteiger partial charge in [0.25, 0.3) is 0 Å². The molecule has 1 heterocycles. The van der Waals surface area contributed by atoms with Crippen LogP contribution in [0.15, 0.2) is 53.4 Å². The molecule has 1 aliphatic rings. The summed E-state index contributed by atoms with van der Waals surface area (Å²) in [5, 5.41) is 2.76. The van der Waals surface area contributed by atoms with Crippen molar-refractivity contribution in [3.05, 3.63) is 54.1 Å². The highest BCUT2D eigenvalue weighted by atomic mass is 32.2. The van der Waals surface area contributed by atoms with Gasteiger partial charge in [-0.2, -0.15) is 0 Å². The molecule has 1 saturated heterocycles. The Labute approximate surface area is 186 Å². The summed E-state index contributed by atoms with van der Waals surface area (Å²) in [5.41, 5.74) is 2.94. The number of anilines is 2. The minimum Gasteiger partial charge on any atom is -0.372 e. The normalized spacial score (nSPS) is 15.0. The first-order valence-electron chi connectivity index (χ1n) is 11.1. The van der Waals surface area contributed by atoms with E-state index in [4.69, 9.17) is 0 Å². The molecule has 0 unspecified atom stereocenters. The van der Waals surface area contributed by atoms with Gasteiger partial charge in [-0.25, -0.2) is 13.1 Å². The minimum absolute atomic E-state index is 0.101. The van der Waals surface area contributed by atoms with Crippen LogP contribution in [-0.2, 0) is 21.2 Å². The first kappa shape index (κ1) is 23.3. The van der Waals surface area contributed by atoms with E-state index in [1.165, 1.54) is 43.5 Å². The number of carbonyl (C=O) groups excluding carboxylic acids is 1. The Balaban J connectivity index is 1.51. The molecule has 1 fully saturated rings. The quantitative estimate of drug-likeness (QED) is 0.641. The lowest BCUT2D eigenvalue weighted by Gasteiger charge is -2.22. The third-order valence-electron chi connectivity index (χ3n) is 5.57. The molecule has 0 aromatic heterocycles. The maximum absolute atomic E-state index is 12.6. The lowest BCUT2D eigenvalue weighted by atomic mass is 10.1. The molecule has 31 heavy (non-hydrogen) atoms. The van der Waals surface area contributed by atoms with Crippen LogP contribution in [0, 0.1) is 5.92 Å². The molecule has 2 N–H and O–H groups in total. The molecule has 168 valence electrons. The second-order valence-corrected chi connectivity index (χ2v) is 10.2. The van der Waals surface area contributed by atoms with E-state index >= 15 is 0 Å². The summed E-state index contributed by atoms with van der Waals surface area (Å²) in [4.78, 5) is 14.4. The second-order valence-electron chi connectivity index (χ2n) is 8.38. The fourth-order valence-electron chi connectivity index (χ4n) is 3.62. The van der Waals surface area contributed by atoms with Crippen molar-refractivity contribution in [1.29, 1.82) is 0 Å². The zero-order valence-corrected chi connectivity index (χ0v) is 19.2. The zero-order chi connectivity index (χ0) is 22.3. The Bertz CT molecular complexity index is 947. The highest BCUT2D eigenvalue weighted by molar-refractivity contribution is 7.89. The van der Waals surface area contributed by atoms with Crippen molar-refractivity contribution in [3.63, 3.8) is 0 Å². The molecule has 0 saturated carbocycles. The van der Waals surface area contributed by atoms with Gasteiger partial charge in [0.2, 0.25) is 15.9 Å². The van der Waals surface area contributed by atoms with E-state index in [9.17, 15) is 13.2 Å². The highest BCUT2D eigenvalue weighted by Crippen LogP contribution is 2.20. The minimum atomic E-state index is -3.59. The van der Waals surface area contributed by atoms with Crippen molar-refractivity contribution in [2.45, 2.75) is 50.8 Å². The Hall–Kier alpha value is -2.38. The van der Waals surface area contributed by atoms with Gasteiger partial charge in [-0.1, -0.05) is 38.8 Å². The number of nitrogens with zero attached hydrogens (tertiary/aromatic N) is 1. The molecule has 2 aromatic carbocycles. The standard InChI is InChI=1S/C24H33N3O3S/c1-19(2)24(28)26-21-9-13-23(14-10-21)31(29,30)25-16-15-20-7-11-22(12-8-20)27-17-5-3-4-6-18-27/h7-14,19,25H,3-6,15-18H2,1-2H3,(H,26,28). The molecule has 0 bridgehead atoms. The molecule has 7 heteroatoms. The van der Waals surface area contributed by atoms with E-state index in [2.05, 4.69) is 39.2 Å². The van der Waals surface area contributed by atoms with Crippen LogP contribution in [0.3, 0.4) is 0 Å². The second kappa shape index (κ2) is 10.8. The van der Waals surface area contributed by atoms with Crippen molar-refractivity contribution in [1.82, 2.24) is 4.72 Å². The summed E-state index contributed by atoms with van der Waals surface area (Å²) >= 11 is 0. The Morgan fingerprint density at radius 2 is 1.55 bits per heavy atom. The molecule has 0 atom stereocenters. The van der Waals surface area contributed by atoms with Gasteiger partial charge >= 0.3 is 0 Å². The molecule has 0 radical (unpaired) electrons. The van der Waals surface area contributed by atoms with Crippen molar-refractivity contribution >= 4 is 27.3 Å². The van der Waals surface area contributed by atoms with Crippen LogP contribution in [0.4, 0.5) is 11.4 Å². The number of rotatable bonds is 8. The molecular formula is C24H33N3O3S. The van der Waals surface area contributed by atoms with Crippen LogP contribution >= 0.6 is 0 Å². The number of hydrogen-bond acceptors (Lipinski definition) is 4. The maximum atomic E-state index is 12.6. The zero-order valence-electron chi connectivity index (χ0n) is 18.4. The molecule has 6 nitrogen and oxygen atoms in total. The number of sulfonamides is 1. The number of benzene rings is 2. The third-order valence-corrected chi connectivity index (χ3v) is 7.05. The number of carbonyl (C=O) groups is 1. The van der Waals surface area contributed by atoms with E-state index in [0.29, 0.717) is 18.7 Å². The predicted molar refractivity (Wildman–Crippen MR) is 126 cm³/mol. The number of nitrogens with one attached hydrogen (secondary N) is 2. The average molecular weight is 444 g/mol. The summed E-state index contributed by atoms with van der Waals surface area (Å²) in [6, 6.07) is 14.7. The summed E-state index contributed by atoms with van der Waals surface area (Å²) in [6.45, 7) is 6.16. The molecule has 2 aromatic rings. The molecule has 0 aliphatic carbocycles. The number of amides is 1. The van der Waals surface area contributed by atoms with Crippen LogP contribution in [0.5, 0.6) is 0 Å². The molecule has 1 aliphatic heterocycles. The molecular weight excluding hydrogens is 410 g/mol. The van der Waals surface area contributed by atoms with Crippen molar-refractivity contribution < 1.29 is 13.2 Å². The lowest BCUT2D eigenvalue weighted by molar-refractivity contribution is -0.118. The number of hydrogen-bond donors (Lipinski definition) is 2. The largest absolute Gasteiger partial charge is 0.372 e. The van der Waals surface area contributed by atoms with E-state index in [-0.39, 0.29) is 16.7 Å².